The SMILES string of the molecule is c1ccc(-c2cc(-c3ccc4ccccc4c3)ccc2N(c2ccc(-c3cccc(-n4c5ccccc5c5ccccc54)c3)cc2)c2cccc3oc4c5ccccc5ccc4c23)cc1. The van der Waals surface area contributed by atoms with Gasteiger partial charge < -0.3 is 13.9 Å². The van der Waals surface area contributed by atoms with E-state index in [0.717, 1.165) is 83.3 Å². The molecule has 0 radical (unpaired) electrons. The van der Waals surface area contributed by atoms with Gasteiger partial charge in [0.1, 0.15) is 11.2 Å². The molecule has 2 heterocycles. The molecule has 2 aromatic heterocycles. The second-order valence-corrected chi connectivity index (χ2v) is 16.9. The first-order valence-electron chi connectivity index (χ1n) is 22.2. The average molecular weight is 829 g/mol. The maximum absolute atomic E-state index is 6.80. The summed E-state index contributed by atoms with van der Waals surface area (Å²) in [7, 11) is 0. The molecule has 0 N–H and O–H groups in total. The Hall–Kier alpha value is -8.66. The van der Waals surface area contributed by atoms with Gasteiger partial charge in [-0.05, 0) is 117 Å². The molecule has 65 heavy (non-hydrogen) atoms. The molecule has 0 saturated heterocycles. The third kappa shape index (κ3) is 6.12. The van der Waals surface area contributed by atoms with Crippen molar-refractivity contribution in [2.75, 3.05) is 4.90 Å². The highest BCUT2D eigenvalue weighted by molar-refractivity contribution is 6.20. The van der Waals surface area contributed by atoms with E-state index in [1.54, 1.807) is 0 Å². The lowest BCUT2D eigenvalue weighted by Crippen LogP contribution is -2.11. The summed E-state index contributed by atoms with van der Waals surface area (Å²) in [6.07, 6.45) is 0. The first-order valence-corrected chi connectivity index (χ1v) is 22.2. The minimum absolute atomic E-state index is 0.853. The van der Waals surface area contributed by atoms with E-state index in [0.29, 0.717) is 0 Å². The van der Waals surface area contributed by atoms with E-state index in [9.17, 15) is 0 Å². The van der Waals surface area contributed by atoms with Gasteiger partial charge in [-0.1, -0.05) is 170 Å². The number of para-hydroxylation sites is 2. The van der Waals surface area contributed by atoms with Crippen LogP contribution in [-0.2, 0) is 0 Å². The summed E-state index contributed by atoms with van der Waals surface area (Å²) < 4.78 is 9.18. The molecule has 0 bridgehead atoms. The molecule has 3 heteroatoms. The van der Waals surface area contributed by atoms with E-state index in [-0.39, 0.29) is 0 Å². The summed E-state index contributed by atoms with van der Waals surface area (Å²) in [6, 6.07) is 87.8. The summed E-state index contributed by atoms with van der Waals surface area (Å²) in [4.78, 5) is 2.43. The van der Waals surface area contributed by atoms with E-state index in [2.05, 4.69) is 252 Å². The number of hydrogen-bond donors (Lipinski definition) is 0. The number of benzene rings is 11. The van der Waals surface area contributed by atoms with Crippen molar-refractivity contribution in [2.24, 2.45) is 0 Å². The van der Waals surface area contributed by atoms with Crippen LogP contribution in [0.1, 0.15) is 0 Å². The number of aromatic nitrogens is 1. The molecule has 0 aliphatic heterocycles. The molecule has 0 amide bonds. The Morgan fingerprint density at radius 2 is 0.938 bits per heavy atom. The second-order valence-electron chi connectivity index (χ2n) is 16.9. The van der Waals surface area contributed by atoms with Crippen LogP contribution in [0.25, 0.3) is 104 Å². The van der Waals surface area contributed by atoms with E-state index in [1.165, 1.54) is 38.1 Å². The van der Waals surface area contributed by atoms with Crippen molar-refractivity contribution in [2.45, 2.75) is 0 Å². The molecule has 0 aliphatic rings. The molecule has 13 aromatic rings. The van der Waals surface area contributed by atoms with Gasteiger partial charge in [0.05, 0.1) is 27.8 Å². The predicted octanol–water partition coefficient (Wildman–Crippen LogP) is 17.5. The molecule has 0 spiro atoms. The van der Waals surface area contributed by atoms with Crippen molar-refractivity contribution in [3.8, 4) is 39.1 Å². The van der Waals surface area contributed by atoms with Crippen molar-refractivity contribution in [3.63, 3.8) is 0 Å². The first-order chi connectivity index (χ1) is 32.2. The summed E-state index contributed by atoms with van der Waals surface area (Å²) in [5, 5.41) is 9.40. The van der Waals surface area contributed by atoms with Crippen LogP contribution >= 0.6 is 0 Å². The predicted molar refractivity (Wildman–Crippen MR) is 274 cm³/mol. The fourth-order valence-electron chi connectivity index (χ4n) is 10.1. The Labute approximate surface area is 376 Å². The highest BCUT2D eigenvalue weighted by Gasteiger charge is 2.24. The van der Waals surface area contributed by atoms with E-state index in [4.69, 9.17) is 4.42 Å². The summed E-state index contributed by atoms with van der Waals surface area (Å²) in [5.41, 5.74) is 15.4. The van der Waals surface area contributed by atoms with Gasteiger partial charge >= 0.3 is 0 Å². The molecule has 3 nitrogen and oxygen atoms in total. The second kappa shape index (κ2) is 15.0. The van der Waals surface area contributed by atoms with Crippen LogP contribution in [0, 0.1) is 0 Å². The maximum atomic E-state index is 6.80. The van der Waals surface area contributed by atoms with Gasteiger partial charge in [-0.3, -0.25) is 0 Å². The van der Waals surface area contributed by atoms with Crippen LogP contribution in [-0.4, -0.2) is 4.57 Å². The van der Waals surface area contributed by atoms with Gasteiger partial charge in [-0.25, -0.2) is 0 Å². The van der Waals surface area contributed by atoms with Crippen LogP contribution in [0.5, 0.6) is 0 Å². The Kier molecular flexibility index (Phi) is 8.53. The highest BCUT2D eigenvalue weighted by Crippen LogP contribution is 2.48. The largest absolute Gasteiger partial charge is 0.455 e. The number of rotatable bonds is 7. The van der Waals surface area contributed by atoms with Crippen molar-refractivity contribution >= 4 is 82.4 Å². The fourth-order valence-corrected chi connectivity index (χ4v) is 10.1. The zero-order valence-electron chi connectivity index (χ0n) is 35.4. The summed E-state index contributed by atoms with van der Waals surface area (Å²) in [5.74, 6) is 0. The van der Waals surface area contributed by atoms with Gasteiger partial charge in [0.2, 0.25) is 0 Å². The van der Waals surface area contributed by atoms with Crippen LogP contribution in [0.3, 0.4) is 0 Å². The third-order valence-electron chi connectivity index (χ3n) is 13.2. The van der Waals surface area contributed by atoms with Crippen LogP contribution in [0.4, 0.5) is 17.1 Å². The van der Waals surface area contributed by atoms with Crippen molar-refractivity contribution in [1.82, 2.24) is 4.57 Å². The van der Waals surface area contributed by atoms with Gasteiger partial charge in [-0.2, -0.15) is 0 Å². The minimum atomic E-state index is 0.853. The molecule has 11 aromatic carbocycles. The van der Waals surface area contributed by atoms with Gasteiger partial charge in [-0.15, -0.1) is 0 Å². The maximum Gasteiger partial charge on any atom is 0.143 e. The van der Waals surface area contributed by atoms with Gasteiger partial charge in [0.25, 0.3) is 0 Å². The standard InChI is InChI=1S/C62H40N2O/c1-2-15-43(16-3-1)55-40-48(47-29-28-41-14-4-5-18-45(41)38-47)33-37-58(55)63(59-26-13-27-60-61(59)54-36-32-44-17-6-7-21-51(44)62(54)65-60)49-34-30-42(31-35-49)46-19-12-20-50(39-46)64-56-24-10-8-22-52(56)53-23-9-11-25-57(53)64/h1-40H. The number of anilines is 3. The lowest BCUT2D eigenvalue weighted by atomic mass is 9.94. The lowest BCUT2D eigenvalue weighted by Gasteiger charge is -2.29. The molecule has 13 rings (SSSR count). The van der Waals surface area contributed by atoms with Crippen molar-refractivity contribution < 1.29 is 4.42 Å². The van der Waals surface area contributed by atoms with Gasteiger partial charge in [0.15, 0.2) is 0 Å². The first kappa shape index (κ1) is 36.9. The van der Waals surface area contributed by atoms with Crippen molar-refractivity contribution in [3.05, 3.63) is 243 Å². The zero-order chi connectivity index (χ0) is 42.8. The van der Waals surface area contributed by atoms with E-state index in [1.807, 2.05) is 0 Å². The molecule has 0 fully saturated rings. The molecular weight excluding hydrogens is 789 g/mol. The Bertz CT molecular complexity index is 3900. The van der Waals surface area contributed by atoms with Gasteiger partial charge in [0, 0.05) is 38.5 Å². The summed E-state index contributed by atoms with van der Waals surface area (Å²) >= 11 is 0. The molecule has 304 valence electrons. The van der Waals surface area contributed by atoms with E-state index < -0.39 is 0 Å². The molecule has 0 atom stereocenters. The van der Waals surface area contributed by atoms with Crippen molar-refractivity contribution in [1.29, 1.82) is 0 Å². The zero-order valence-corrected chi connectivity index (χ0v) is 35.4. The number of fused-ring (bicyclic) bond motifs is 9. The average Bonchev–Trinajstić information content (AvgIpc) is 3.94. The van der Waals surface area contributed by atoms with Crippen LogP contribution in [0.2, 0.25) is 0 Å². The van der Waals surface area contributed by atoms with Crippen LogP contribution in [0.15, 0.2) is 247 Å². The molecule has 0 unspecified atom stereocenters. The quantitative estimate of drug-likeness (QED) is 0.160. The Morgan fingerprint density at radius 1 is 0.338 bits per heavy atom. The third-order valence-corrected chi connectivity index (χ3v) is 13.2. The number of furan rings is 1. The highest BCUT2D eigenvalue weighted by atomic mass is 16.3. The molecule has 0 aliphatic carbocycles. The fraction of sp³-hybridized carbons (Fsp3) is 0. The minimum Gasteiger partial charge on any atom is -0.455 e. The molecule has 0 saturated carbocycles. The monoisotopic (exact) mass is 828 g/mol. The summed E-state index contributed by atoms with van der Waals surface area (Å²) in [6.45, 7) is 0. The number of hydrogen-bond acceptors (Lipinski definition) is 2. The number of nitrogens with zero attached hydrogens (tertiary/aromatic N) is 2. The molecular formula is C62H40N2O. The smallest absolute Gasteiger partial charge is 0.143 e. The van der Waals surface area contributed by atoms with E-state index >= 15 is 0 Å². The topological polar surface area (TPSA) is 21.3 Å². The Balaban J connectivity index is 1.00. The lowest BCUT2D eigenvalue weighted by molar-refractivity contribution is 0.672. The van der Waals surface area contributed by atoms with Crippen LogP contribution < -0.4 is 4.90 Å². The Morgan fingerprint density at radius 3 is 1.74 bits per heavy atom. The normalized spacial score (nSPS) is 11.7.